The van der Waals surface area contributed by atoms with Gasteiger partial charge in [-0.2, -0.15) is 0 Å². The Balaban J connectivity index is 1.98. The molecular formula is C16H27N3O3S. The molecule has 1 heterocycles. The van der Waals surface area contributed by atoms with Crippen LogP contribution in [0.25, 0.3) is 0 Å². The molecule has 1 saturated heterocycles. The average Bonchev–Trinajstić information content (AvgIpc) is 2.90. The van der Waals surface area contributed by atoms with E-state index in [0.29, 0.717) is 18.2 Å². The molecule has 0 radical (unpaired) electrons. The lowest BCUT2D eigenvalue weighted by Gasteiger charge is -2.33. The Labute approximate surface area is 142 Å². The van der Waals surface area contributed by atoms with E-state index in [4.69, 9.17) is 0 Å². The first-order chi connectivity index (χ1) is 10.9. The number of hydrogen-bond acceptors (Lipinski definition) is 4. The van der Waals surface area contributed by atoms with E-state index in [2.05, 4.69) is 5.32 Å². The van der Waals surface area contributed by atoms with Crippen LogP contribution in [0, 0.1) is 5.92 Å². The van der Waals surface area contributed by atoms with Crippen molar-refractivity contribution in [3.05, 3.63) is 0 Å². The first-order valence-corrected chi connectivity index (χ1v) is 9.55. The van der Waals surface area contributed by atoms with Crippen LogP contribution in [0.4, 0.5) is 0 Å². The van der Waals surface area contributed by atoms with E-state index in [9.17, 15) is 14.4 Å². The number of nitrogens with zero attached hydrogens (tertiary/aromatic N) is 2. The topological polar surface area (TPSA) is 69.7 Å². The van der Waals surface area contributed by atoms with Gasteiger partial charge in [-0.1, -0.05) is 6.42 Å². The summed E-state index contributed by atoms with van der Waals surface area (Å²) in [5.74, 6) is 1.16. The molecule has 1 aliphatic heterocycles. The number of carbonyl (C=O) groups is 3. The third-order valence-electron chi connectivity index (χ3n) is 4.38. The Morgan fingerprint density at radius 1 is 1.30 bits per heavy atom. The number of amides is 3. The fourth-order valence-corrected chi connectivity index (χ4v) is 4.01. The summed E-state index contributed by atoms with van der Waals surface area (Å²) in [6.07, 6.45) is 2.98. The van der Waals surface area contributed by atoms with E-state index >= 15 is 0 Å². The van der Waals surface area contributed by atoms with Crippen molar-refractivity contribution in [3.8, 4) is 0 Å². The van der Waals surface area contributed by atoms with Crippen LogP contribution in [-0.4, -0.2) is 64.3 Å². The van der Waals surface area contributed by atoms with Gasteiger partial charge in [0, 0.05) is 24.3 Å². The molecule has 0 spiro atoms. The summed E-state index contributed by atoms with van der Waals surface area (Å²) in [6.45, 7) is 6.17. The predicted octanol–water partition coefficient (Wildman–Crippen LogP) is 1.06. The SMILES string of the molecule is CCN(CC(=O)NC(C)C)C(=O)C1CSCN1C(=O)C1CCC1. The molecule has 1 N–H and O–H groups in total. The molecule has 1 aliphatic carbocycles. The van der Waals surface area contributed by atoms with Crippen LogP contribution in [0.2, 0.25) is 0 Å². The fraction of sp³-hybridized carbons (Fsp3) is 0.812. The van der Waals surface area contributed by atoms with Crippen LogP contribution in [0.5, 0.6) is 0 Å². The summed E-state index contributed by atoms with van der Waals surface area (Å²) < 4.78 is 0. The van der Waals surface area contributed by atoms with Crippen LogP contribution < -0.4 is 5.32 Å². The van der Waals surface area contributed by atoms with Crippen LogP contribution >= 0.6 is 11.8 Å². The van der Waals surface area contributed by atoms with Gasteiger partial charge in [-0.25, -0.2) is 0 Å². The Bertz CT molecular complexity index is 465. The van der Waals surface area contributed by atoms with Crippen molar-refractivity contribution in [2.24, 2.45) is 5.92 Å². The van der Waals surface area contributed by atoms with Gasteiger partial charge in [0.2, 0.25) is 17.7 Å². The van der Waals surface area contributed by atoms with Gasteiger partial charge in [-0.15, -0.1) is 11.8 Å². The van der Waals surface area contributed by atoms with Gasteiger partial charge < -0.3 is 15.1 Å². The smallest absolute Gasteiger partial charge is 0.246 e. The fourth-order valence-electron chi connectivity index (χ4n) is 2.85. The molecule has 2 aliphatic rings. The Morgan fingerprint density at radius 3 is 2.52 bits per heavy atom. The second kappa shape index (κ2) is 8.04. The molecule has 2 rings (SSSR count). The number of thioether (sulfide) groups is 1. The van der Waals surface area contributed by atoms with Crippen molar-refractivity contribution in [2.75, 3.05) is 24.7 Å². The minimum absolute atomic E-state index is 0.0510. The van der Waals surface area contributed by atoms with Gasteiger partial charge in [0.15, 0.2) is 0 Å². The van der Waals surface area contributed by atoms with Gasteiger partial charge in [-0.3, -0.25) is 14.4 Å². The van der Waals surface area contributed by atoms with Crippen molar-refractivity contribution in [3.63, 3.8) is 0 Å². The van der Waals surface area contributed by atoms with E-state index in [1.165, 1.54) is 0 Å². The second-order valence-electron chi connectivity index (χ2n) is 6.53. The number of nitrogens with one attached hydrogen (secondary N) is 1. The molecule has 1 unspecified atom stereocenters. The highest BCUT2D eigenvalue weighted by Crippen LogP contribution is 2.32. The minimum Gasteiger partial charge on any atom is -0.352 e. The molecule has 7 heteroatoms. The summed E-state index contributed by atoms with van der Waals surface area (Å²) in [4.78, 5) is 40.5. The van der Waals surface area contributed by atoms with Crippen LogP contribution in [0.1, 0.15) is 40.0 Å². The molecule has 130 valence electrons. The first kappa shape index (κ1) is 18.1. The maximum absolute atomic E-state index is 12.8. The monoisotopic (exact) mass is 341 g/mol. The van der Waals surface area contributed by atoms with E-state index in [-0.39, 0.29) is 36.2 Å². The zero-order chi connectivity index (χ0) is 17.0. The Morgan fingerprint density at radius 2 is 2.00 bits per heavy atom. The normalized spacial score (nSPS) is 21.2. The maximum Gasteiger partial charge on any atom is 0.246 e. The lowest BCUT2D eigenvalue weighted by molar-refractivity contribution is -0.148. The van der Waals surface area contributed by atoms with E-state index in [1.54, 1.807) is 21.6 Å². The maximum atomic E-state index is 12.8. The summed E-state index contributed by atoms with van der Waals surface area (Å²) in [5, 5.41) is 2.80. The molecule has 2 fully saturated rings. The summed E-state index contributed by atoms with van der Waals surface area (Å²) in [7, 11) is 0. The third kappa shape index (κ3) is 4.40. The van der Waals surface area contributed by atoms with Crippen molar-refractivity contribution < 1.29 is 14.4 Å². The Kier molecular flexibility index (Phi) is 6.33. The predicted molar refractivity (Wildman–Crippen MR) is 90.8 cm³/mol. The van der Waals surface area contributed by atoms with Crippen LogP contribution in [0.3, 0.4) is 0 Å². The standard InChI is InChI=1S/C16H27N3O3S/c1-4-18(8-14(20)17-11(2)3)16(22)13-9-23-10-19(13)15(21)12-6-5-7-12/h11-13H,4-10H2,1-3H3,(H,17,20). The molecule has 3 amide bonds. The van der Waals surface area contributed by atoms with Gasteiger partial charge >= 0.3 is 0 Å². The first-order valence-electron chi connectivity index (χ1n) is 8.40. The molecule has 1 atom stereocenters. The van der Waals surface area contributed by atoms with Crippen molar-refractivity contribution >= 4 is 29.5 Å². The number of likely N-dealkylation sites (N-methyl/N-ethyl adjacent to an activating group) is 1. The highest BCUT2D eigenvalue weighted by Gasteiger charge is 2.40. The molecule has 1 saturated carbocycles. The molecule has 23 heavy (non-hydrogen) atoms. The number of hydrogen-bond donors (Lipinski definition) is 1. The van der Waals surface area contributed by atoms with Crippen molar-refractivity contribution in [1.29, 1.82) is 0 Å². The third-order valence-corrected chi connectivity index (χ3v) is 5.39. The molecule has 0 aromatic heterocycles. The van der Waals surface area contributed by atoms with Crippen LogP contribution in [0.15, 0.2) is 0 Å². The highest BCUT2D eigenvalue weighted by atomic mass is 32.2. The molecular weight excluding hydrogens is 314 g/mol. The molecule has 0 bridgehead atoms. The van der Waals surface area contributed by atoms with Crippen LogP contribution in [-0.2, 0) is 14.4 Å². The average molecular weight is 341 g/mol. The highest BCUT2D eigenvalue weighted by molar-refractivity contribution is 7.99. The van der Waals surface area contributed by atoms with E-state index in [1.807, 2.05) is 20.8 Å². The molecule has 6 nitrogen and oxygen atoms in total. The van der Waals surface area contributed by atoms with E-state index < -0.39 is 6.04 Å². The summed E-state index contributed by atoms with van der Waals surface area (Å²) >= 11 is 1.61. The van der Waals surface area contributed by atoms with Gasteiger partial charge in [0.05, 0.1) is 12.4 Å². The zero-order valence-electron chi connectivity index (χ0n) is 14.2. The summed E-state index contributed by atoms with van der Waals surface area (Å²) in [6, 6.07) is -0.366. The lowest BCUT2D eigenvalue weighted by atomic mass is 9.84. The quantitative estimate of drug-likeness (QED) is 0.784. The molecule has 0 aromatic carbocycles. The minimum atomic E-state index is -0.417. The van der Waals surface area contributed by atoms with Crippen molar-refractivity contribution in [2.45, 2.75) is 52.1 Å². The van der Waals surface area contributed by atoms with Gasteiger partial charge in [-0.05, 0) is 33.6 Å². The number of rotatable bonds is 6. The van der Waals surface area contributed by atoms with Crippen molar-refractivity contribution in [1.82, 2.24) is 15.1 Å². The van der Waals surface area contributed by atoms with E-state index in [0.717, 1.165) is 19.3 Å². The largest absolute Gasteiger partial charge is 0.352 e. The number of carbonyl (C=O) groups excluding carboxylic acids is 3. The Hall–Kier alpha value is -1.24. The summed E-state index contributed by atoms with van der Waals surface area (Å²) in [5.41, 5.74) is 0. The molecule has 0 aromatic rings. The lowest BCUT2D eigenvalue weighted by Crippen LogP contribution is -2.53. The van der Waals surface area contributed by atoms with Gasteiger partial charge in [0.25, 0.3) is 0 Å². The zero-order valence-corrected chi connectivity index (χ0v) is 15.0. The van der Waals surface area contributed by atoms with Gasteiger partial charge in [0.1, 0.15) is 6.04 Å². The second-order valence-corrected chi connectivity index (χ2v) is 7.53.